The number of fused-ring (bicyclic) bond motifs is 1. The van der Waals surface area contributed by atoms with Crippen LogP contribution in [0, 0.1) is 11.8 Å². The van der Waals surface area contributed by atoms with E-state index in [0.29, 0.717) is 13.2 Å². The SMILES string of the molecule is C=C[C@H]1COc2ccc(OC)cc2[C@H]1NN1C(=O)OC[C@@H]1C(C)C. The van der Waals surface area contributed by atoms with Crippen molar-refractivity contribution in [3.63, 3.8) is 0 Å². The predicted octanol–water partition coefficient (Wildman–Crippen LogP) is 2.91. The van der Waals surface area contributed by atoms with Gasteiger partial charge in [0, 0.05) is 11.5 Å². The highest BCUT2D eigenvalue weighted by atomic mass is 16.6. The molecule has 6 nitrogen and oxygen atoms in total. The molecule has 0 radical (unpaired) electrons. The number of benzene rings is 1. The van der Waals surface area contributed by atoms with Crippen molar-refractivity contribution in [2.24, 2.45) is 11.8 Å². The number of carbonyl (C=O) groups excluding carboxylic acids is 1. The molecule has 0 aliphatic carbocycles. The van der Waals surface area contributed by atoms with E-state index in [9.17, 15) is 4.79 Å². The van der Waals surface area contributed by atoms with Gasteiger partial charge in [0.25, 0.3) is 0 Å². The molecular formula is C18H24N2O4. The molecule has 2 aliphatic rings. The molecule has 24 heavy (non-hydrogen) atoms. The van der Waals surface area contributed by atoms with Gasteiger partial charge in [-0.2, -0.15) is 0 Å². The van der Waals surface area contributed by atoms with E-state index < -0.39 is 0 Å². The molecule has 3 atom stereocenters. The zero-order valence-electron chi connectivity index (χ0n) is 14.3. The molecule has 1 N–H and O–H groups in total. The number of hydrogen-bond acceptors (Lipinski definition) is 5. The monoisotopic (exact) mass is 332 g/mol. The van der Waals surface area contributed by atoms with Gasteiger partial charge in [-0.15, -0.1) is 6.58 Å². The molecule has 2 heterocycles. The van der Waals surface area contributed by atoms with Gasteiger partial charge in [-0.3, -0.25) is 0 Å². The van der Waals surface area contributed by atoms with E-state index in [4.69, 9.17) is 14.2 Å². The van der Waals surface area contributed by atoms with Crippen LogP contribution in [-0.2, 0) is 4.74 Å². The molecule has 0 saturated carbocycles. The minimum atomic E-state index is -0.340. The second-order valence-electron chi connectivity index (χ2n) is 6.48. The van der Waals surface area contributed by atoms with Crippen LogP contribution in [0.4, 0.5) is 4.79 Å². The summed E-state index contributed by atoms with van der Waals surface area (Å²) in [5.74, 6) is 1.86. The summed E-state index contributed by atoms with van der Waals surface area (Å²) < 4.78 is 16.4. The molecule has 1 amide bonds. The normalized spacial score (nSPS) is 25.9. The third-order valence-corrected chi connectivity index (χ3v) is 4.67. The van der Waals surface area contributed by atoms with E-state index in [2.05, 4.69) is 25.9 Å². The molecule has 0 unspecified atom stereocenters. The second-order valence-corrected chi connectivity index (χ2v) is 6.48. The number of hydrogen-bond donors (Lipinski definition) is 1. The topological polar surface area (TPSA) is 60.0 Å². The molecule has 0 spiro atoms. The number of methoxy groups -OCH3 is 1. The lowest BCUT2D eigenvalue weighted by atomic mass is 9.91. The first-order valence-electron chi connectivity index (χ1n) is 8.20. The van der Waals surface area contributed by atoms with Crippen LogP contribution in [-0.4, -0.2) is 37.5 Å². The number of nitrogens with one attached hydrogen (secondary N) is 1. The van der Waals surface area contributed by atoms with Crippen molar-refractivity contribution >= 4 is 6.09 Å². The third kappa shape index (κ3) is 2.94. The summed E-state index contributed by atoms with van der Waals surface area (Å²) in [5.41, 5.74) is 4.31. The molecule has 1 fully saturated rings. The van der Waals surface area contributed by atoms with E-state index in [0.717, 1.165) is 17.1 Å². The fraction of sp³-hybridized carbons (Fsp3) is 0.500. The number of cyclic esters (lactones) is 1. The van der Waals surface area contributed by atoms with Crippen LogP contribution in [0.5, 0.6) is 11.5 Å². The smallest absolute Gasteiger partial charge is 0.424 e. The Morgan fingerprint density at radius 2 is 2.17 bits per heavy atom. The number of hydrazine groups is 1. The number of amides is 1. The van der Waals surface area contributed by atoms with Crippen molar-refractivity contribution in [3.8, 4) is 11.5 Å². The number of carbonyl (C=O) groups is 1. The van der Waals surface area contributed by atoms with Crippen molar-refractivity contribution in [2.45, 2.75) is 25.9 Å². The summed E-state index contributed by atoms with van der Waals surface area (Å²) in [4.78, 5) is 12.2. The van der Waals surface area contributed by atoms with E-state index in [1.165, 1.54) is 0 Å². The number of nitrogens with zero attached hydrogens (tertiary/aromatic N) is 1. The standard InChI is InChI=1S/C18H24N2O4/c1-5-12-9-23-16-7-6-13(22-4)8-14(16)17(12)19-20-15(11(2)3)10-24-18(20)21/h5-8,11-12,15,17,19H,1,9-10H2,2-4H3/t12-,15+,17-/m0/s1. The van der Waals surface area contributed by atoms with Gasteiger partial charge in [-0.1, -0.05) is 19.9 Å². The first-order valence-corrected chi connectivity index (χ1v) is 8.20. The van der Waals surface area contributed by atoms with E-state index >= 15 is 0 Å². The fourth-order valence-corrected chi connectivity index (χ4v) is 3.14. The Morgan fingerprint density at radius 1 is 1.38 bits per heavy atom. The molecule has 130 valence electrons. The second kappa shape index (κ2) is 6.73. The molecule has 1 saturated heterocycles. The van der Waals surface area contributed by atoms with Gasteiger partial charge in [0.15, 0.2) is 0 Å². The zero-order valence-corrected chi connectivity index (χ0v) is 14.3. The molecule has 0 aromatic heterocycles. The highest BCUT2D eigenvalue weighted by molar-refractivity contribution is 5.69. The van der Waals surface area contributed by atoms with Gasteiger partial charge in [-0.25, -0.2) is 15.2 Å². The van der Waals surface area contributed by atoms with Gasteiger partial charge in [-0.05, 0) is 24.1 Å². The lowest BCUT2D eigenvalue weighted by Crippen LogP contribution is -2.51. The summed E-state index contributed by atoms with van der Waals surface area (Å²) in [6.45, 7) is 8.97. The maximum atomic E-state index is 12.2. The van der Waals surface area contributed by atoms with Gasteiger partial charge in [0.2, 0.25) is 0 Å². The van der Waals surface area contributed by atoms with Crippen LogP contribution in [0.15, 0.2) is 30.9 Å². The number of ether oxygens (including phenoxy) is 3. The lowest BCUT2D eigenvalue weighted by Gasteiger charge is -2.36. The van der Waals surface area contributed by atoms with E-state index in [1.807, 2.05) is 24.3 Å². The summed E-state index contributed by atoms with van der Waals surface area (Å²) in [6, 6.07) is 5.57. The minimum Gasteiger partial charge on any atom is -0.497 e. The Morgan fingerprint density at radius 3 is 2.83 bits per heavy atom. The predicted molar refractivity (Wildman–Crippen MR) is 89.9 cm³/mol. The summed E-state index contributed by atoms with van der Waals surface area (Å²) in [6.07, 6.45) is 1.51. The van der Waals surface area contributed by atoms with Crippen molar-refractivity contribution in [1.29, 1.82) is 0 Å². The van der Waals surface area contributed by atoms with Gasteiger partial charge in [0.05, 0.1) is 25.8 Å². The van der Waals surface area contributed by atoms with Crippen molar-refractivity contribution in [3.05, 3.63) is 36.4 Å². The summed E-state index contributed by atoms with van der Waals surface area (Å²) >= 11 is 0. The van der Waals surface area contributed by atoms with Crippen LogP contribution in [0.1, 0.15) is 25.5 Å². The number of rotatable bonds is 5. The van der Waals surface area contributed by atoms with Crippen LogP contribution >= 0.6 is 0 Å². The lowest BCUT2D eigenvalue weighted by molar-refractivity contribution is 0.0964. The third-order valence-electron chi connectivity index (χ3n) is 4.67. The summed E-state index contributed by atoms with van der Waals surface area (Å²) in [7, 11) is 1.63. The minimum absolute atomic E-state index is 0.000122. The highest BCUT2D eigenvalue weighted by Gasteiger charge is 2.39. The molecule has 6 heteroatoms. The molecule has 1 aromatic carbocycles. The van der Waals surface area contributed by atoms with Gasteiger partial charge in [0.1, 0.15) is 18.1 Å². The maximum absolute atomic E-state index is 12.2. The fourth-order valence-electron chi connectivity index (χ4n) is 3.14. The average Bonchev–Trinajstić information content (AvgIpc) is 2.95. The van der Waals surface area contributed by atoms with Crippen LogP contribution in [0.3, 0.4) is 0 Å². The summed E-state index contributed by atoms with van der Waals surface area (Å²) in [5, 5.41) is 1.61. The Hall–Kier alpha value is -2.21. The molecule has 2 aliphatic heterocycles. The van der Waals surface area contributed by atoms with Crippen molar-refractivity contribution in [1.82, 2.24) is 10.4 Å². The van der Waals surface area contributed by atoms with Crippen LogP contribution in [0.25, 0.3) is 0 Å². The highest BCUT2D eigenvalue weighted by Crippen LogP contribution is 2.39. The van der Waals surface area contributed by atoms with Crippen LogP contribution < -0.4 is 14.9 Å². The van der Waals surface area contributed by atoms with Crippen molar-refractivity contribution in [2.75, 3.05) is 20.3 Å². The Bertz CT molecular complexity index is 631. The quantitative estimate of drug-likeness (QED) is 0.840. The van der Waals surface area contributed by atoms with E-state index in [-0.39, 0.29) is 30.0 Å². The first kappa shape index (κ1) is 16.6. The van der Waals surface area contributed by atoms with Crippen molar-refractivity contribution < 1.29 is 19.0 Å². The van der Waals surface area contributed by atoms with Gasteiger partial charge < -0.3 is 14.2 Å². The maximum Gasteiger partial charge on any atom is 0.424 e. The van der Waals surface area contributed by atoms with E-state index in [1.54, 1.807) is 12.1 Å². The molecule has 3 rings (SSSR count). The average molecular weight is 332 g/mol. The molecule has 1 aromatic rings. The van der Waals surface area contributed by atoms with Gasteiger partial charge >= 0.3 is 6.09 Å². The Balaban J connectivity index is 1.93. The van der Waals surface area contributed by atoms with Crippen LogP contribution in [0.2, 0.25) is 0 Å². The molecular weight excluding hydrogens is 308 g/mol. The Kier molecular flexibility index (Phi) is 4.66. The Labute approximate surface area is 142 Å². The first-order chi connectivity index (χ1) is 11.5. The molecule has 0 bridgehead atoms. The largest absolute Gasteiger partial charge is 0.497 e. The zero-order chi connectivity index (χ0) is 17.3.